The number of Topliss-reactive ketones (excluding diaryl/α,β-unsaturated/α-hetero) is 1. The lowest BCUT2D eigenvalue weighted by atomic mass is 9.50. The minimum absolute atomic E-state index is 0.0330. The van der Waals surface area contributed by atoms with E-state index >= 15 is 0 Å². The molecule has 114 valence electrons. The highest BCUT2D eigenvalue weighted by Gasteiger charge is 2.53. The Labute approximate surface area is 126 Å². The number of carbonyl (C=O) groups excluding carboxylic acids is 1. The lowest BCUT2D eigenvalue weighted by Crippen LogP contribution is -2.52. The first-order valence-electron chi connectivity index (χ1n) is 7.74. The van der Waals surface area contributed by atoms with Crippen molar-refractivity contribution in [3.8, 4) is 11.5 Å². The summed E-state index contributed by atoms with van der Waals surface area (Å²) in [5.41, 5.74) is 2.15. The molecule has 0 saturated heterocycles. The van der Waals surface area contributed by atoms with E-state index in [1.165, 1.54) is 11.1 Å². The van der Waals surface area contributed by atoms with Crippen LogP contribution in [0.1, 0.15) is 51.2 Å². The van der Waals surface area contributed by atoms with Gasteiger partial charge in [0.25, 0.3) is 0 Å². The maximum absolute atomic E-state index is 12.3. The molecule has 2 unspecified atom stereocenters. The predicted octanol–water partition coefficient (Wildman–Crippen LogP) is 3.61. The number of ether oxygens (including phenoxy) is 1. The number of hydrogen-bond acceptors (Lipinski definition) is 3. The number of hydrogen-bond donors (Lipinski definition) is 1. The van der Waals surface area contributed by atoms with E-state index in [9.17, 15) is 9.90 Å². The second-order valence-electron chi connectivity index (χ2n) is 7.33. The Balaban J connectivity index is 2.14. The molecule has 2 aliphatic rings. The molecule has 1 fully saturated rings. The maximum atomic E-state index is 12.3. The quantitative estimate of drug-likeness (QED) is 0.858. The van der Waals surface area contributed by atoms with Gasteiger partial charge in [0.05, 0.1) is 7.11 Å². The van der Waals surface area contributed by atoms with E-state index in [-0.39, 0.29) is 16.6 Å². The molecule has 1 N–H and O–H groups in total. The van der Waals surface area contributed by atoms with Crippen LogP contribution < -0.4 is 4.74 Å². The van der Waals surface area contributed by atoms with Crippen molar-refractivity contribution in [1.29, 1.82) is 0 Å². The number of ketones is 1. The SMILES string of the molecule is COc1cc2c(cc1O)C1(C)CCC(=O)C(C)(C)C1CC2. The van der Waals surface area contributed by atoms with Gasteiger partial charge < -0.3 is 9.84 Å². The van der Waals surface area contributed by atoms with Crippen LogP contribution in [0, 0.1) is 11.3 Å². The molecule has 1 aromatic rings. The molecule has 1 saturated carbocycles. The summed E-state index contributed by atoms with van der Waals surface area (Å²) in [7, 11) is 1.58. The van der Waals surface area contributed by atoms with Gasteiger partial charge in [0.2, 0.25) is 0 Å². The van der Waals surface area contributed by atoms with Crippen LogP contribution in [0.25, 0.3) is 0 Å². The van der Waals surface area contributed by atoms with E-state index in [4.69, 9.17) is 4.74 Å². The summed E-state index contributed by atoms with van der Waals surface area (Å²) in [6.45, 7) is 6.44. The van der Waals surface area contributed by atoms with Gasteiger partial charge in [-0.15, -0.1) is 0 Å². The molecule has 2 atom stereocenters. The van der Waals surface area contributed by atoms with Crippen molar-refractivity contribution in [2.45, 2.75) is 51.9 Å². The summed E-state index contributed by atoms with van der Waals surface area (Å²) < 4.78 is 5.23. The lowest BCUT2D eigenvalue weighted by Gasteiger charge is -2.53. The van der Waals surface area contributed by atoms with Gasteiger partial charge in [0, 0.05) is 11.8 Å². The Kier molecular flexibility index (Phi) is 3.09. The van der Waals surface area contributed by atoms with Crippen LogP contribution >= 0.6 is 0 Å². The molecule has 0 bridgehead atoms. The highest BCUT2D eigenvalue weighted by Crippen LogP contribution is 2.56. The molecule has 1 aromatic carbocycles. The minimum atomic E-state index is -0.278. The Bertz CT molecular complexity index is 603. The average molecular weight is 288 g/mol. The summed E-state index contributed by atoms with van der Waals surface area (Å²) in [4.78, 5) is 12.3. The molecule has 0 heterocycles. The normalized spacial score (nSPS) is 30.5. The van der Waals surface area contributed by atoms with Gasteiger partial charge >= 0.3 is 0 Å². The van der Waals surface area contributed by atoms with Crippen LogP contribution in [0.3, 0.4) is 0 Å². The fourth-order valence-corrected chi connectivity index (χ4v) is 4.67. The zero-order chi connectivity index (χ0) is 15.4. The topological polar surface area (TPSA) is 46.5 Å². The van der Waals surface area contributed by atoms with Crippen molar-refractivity contribution in [2.24, 2.45) is 11.3 Å². The van der Waals surface area contributed by atoms with Crippen molar-refractivity contribution < 1.29 is 14.6 Å². The number of carbonyl (C=O) groups is 1. The Morgan fingerprint density at radius 2 is 1.95 bits per heavy atom. The average Bonchev–Trinajstić information content (AvgIpc) is 2.43. The Morgan fingerprint density at radius 1 is 1.24 bits per heavy atom. The van der Waals surface area contributed by atoms with Crippen LogP contribution in [0.4, 0.5) is 0 Å². The monoisotopic (exact) mass is 288 g/mol. The molecule has 0 radical (unpaired) electrons. The van der Waals surface area contributed by atoms with E-state index < -0.39 is 0 Å². The highest BCUT2D eigenvalue weighted by atomic mass is 16.5. The molecule has 0 aliphatic heterocycles. The fourth-order valence-electron chi connectivity index (χ4n) is 4.67. The second kappa shape index (κ2) is 4.49. The number of methoxy groups -OCH3 is 1. The van der Waals surface area contributed by atoms with E-state index in [1.54, 1.807) is 7.11 Å². The van der Waals surface area contributed by atoms with Crippen LogP contribution in [0.5, 0.6) is 11.5 Å². The van der Waals surface area contributed by atoms with Gasteiger partial charge in [-0.05, 0) is 53.9 Å². The minimum Gasteiger partial charge on any atom is -0.504 e. The van der Waals surface area contributed by atoms with Gasteiger partial charge in [0.1, 0.15) is 5.78 Å². The van der Waals surface area contributed by atoms with E-state index in [2.05, 4.69) is 20.8 Å². The molecule has 2 aliphatic carbocycles. The zero-order valence-electron chi connectivity index (χ0n) is 13.3. The second-order valence-corrected chi connectivity index (χ2v) is 7.33. The first-order chi connectivity index (χ1) is 9.80. The summed E-state index contributed by atoms with van der Waals surface area (Å²) in [5.74, 6) is 1.47. The van der Waals surface area contributed by atoms with E-state index in [0.29, 0.717) is 23.9 Å². The van der Waals surface area contributed by atoms with Crippen LogP contribution in [0.2, 0.25) is 0 Å². The van der Waals surface area contributed by atoms with Crippen molar-refractivity contribution >= 4 is 5.78 Å². The number of benzene rings is 1. The molecule has 0 aromatic heterocycles. The van der Waals surface area contributed by atoms with Gasteiger partial charge in [-0.2, -0.15) is 0 Å². The number of aryl methyl sites for hydroxylation is 1. The molecule has 0 spiro atoms. The number of fused-ring (bicyclic) bond motifs is 3. The number of phenols is 1. The van der Waals surface area contributed by atoms with Crippen LogP contribution in [0.15, 0.2) is 12.1 Å². The number of phenolic OH excluding ortho intramolecular Hbond substituents is 1. The largest absolute Gasteiger partial charge is 0.504 e. The number of rotatable bonds is 1. The Morgan fingerprint density at radius 3 is 2.62 bits per heavy atom. The summed E-state index contributed by atoms with van der Waals surface area (Å²) in [5, 5.41) is 10.2. The molecule has 0 amide bonds. The molecule has 3 nitrogen and oxygen atoms in total. The molecule has 3 heteroatoms. The molecule has 21 heavy (non-hydrogen) atoms. The predicted molar refractivity (Wildman–Crippen MR) is 81.8 cm³/mol. The summed E-state index contributed by atoms with van der Waals surface area (Å²) >= 11 is 0. The van der Waals surface area contributed by atoms with E-state index in [1.807, 2.05) is 12.1 Å². The smallest absolute Gasteiger partial charge is 0.160 e. The summed E-state index contributed by atoms with van der Waals surface area (Å²) in [6.07, 6.45) is 3.48. The van der Waals surface area contributed by atoms with Crippen molar-refractivity contribution in [1.82, 2.24) is 0 Å². The first kappa shape index (κ1) is 14.4. The van der Waals surface area contributed by atoms with Gasteiger partial charge in [-0.25, -0.2) is 0 Å². The first-order valence-corrected chi connectivity index (χ1v) is 7.74. The fraction of sp³-hybridized carbons (Fsp3) is 0.611. The Hall–Kier alpha value is -1.51. The standard InChI is InChI=1S/C18H24O3/c1-17(2)15-6-5-11-9-14(21-4)13(19)10-12(11)18(15,3)8-7-16(17)20/h9-10,15,19H,5-8H2,1-4H3. The third kappa shape index (κ3) is 1.90. The van der Waals surface area contributed by atoms with Crippen LogP contribution in [-0.2, 0) is 16.6 Å². The zero-order valence-corrected chi connectivity index (χ0v) is 13.3. The van der Waals surface area contributed by atoms with Gasteiger partial charge in [-0.3, -0.25) is 4.79 Å². The summed E-state index contributed by atoms with van der Waals surface area (Å²) in [6, 6.07) is 3.84. The van der Waals surface area contributed by atoms with Crippen molar-refractivity contribution in [3.05, 3.63) is 23.3 Å². The number of aromatic hydroxyl groups is 1. The lowest BCUT2D eigenvalue weighted by molar-refractivity contribution is -0.137. The van der Waals surface area contributed by atoms with Gasteiger partial charge in [0.15, 0.2) is 11.5 Å². The molecular formula is C18H24O3. The van der Waals surface area contributed by atoms with Crippen molar-refractivity contribution in [2.75, 3.05) is 7.11 Å². The highest BCUT2D eigenvalue weighted by molar-refractivity contribution is 5.86. The molecule has 3 rings (SSSR count). The van der Waals surface area contributed by atoms with Crippen molar-refractivity contribution in [3.63, 3.8) is 0 Å². The van der Waals surface area contributed by atoms with E-state index in [0.717, 1.165) is 19.3 Å². The molecular weight excluding hydrogens is 264 g/mol. The third-order valence-electron chi connectivity index (χ3n) is 5.95. The third-order valence-corrected chi connectivity index (χ3v) is 5.95. The maximum Gasteiger partial charge on any atom is 0.160 e. The van der Waals surface area contributed by atoms with Gasteiger partial charge in [-0.1, -0.05) is 20.8 Å². The van der Waals surface area contributed by atoms with Crippen LogP contribution in [-0.4, -0.2) is 18.0 Å².